The summed E-state index contributed by atoms with van der Waals surface area (Å²) in [5.41, 5.74) is 2.08. The first-order valence-corrected chi connectivity index (χ1v) is 6.03. The summed E-state index contributed by atoms with van der Waals surface area (Å²) in [4.78, 5) is 7.80. The Hall–Kier alpha value is -2.29. The topological polar surface area (TPSA) is 37.9 Å². The van der Waals surface area contributed by atoms with Gasteiger partial charge in [0.15, 0.2) is 0 Å². The van der Waals surface area contributed by atoms with Crippen molar-refractivity contribution >= 4 is 11.0 Å². The van der Waals surface area contributed by atoms with Crippen molar-refractivity contribution in [3.8, 4) is 5.75 Å². The molecule has 0 aliphatic carbocycles. The normalized spacial score (nSPS) is 10.7. The highest BCUT2D eigenvalue weighted by molar-refractivity contribution is 5.74. The van der Waals surface area contributed by atoms with Crippen LogP contribution in [0.25, 0.3) is 11.0 Å². The van der Waals surface area contributed by atoms with Crippen LogP contribution in [0, 0.1) is 0 Å². The van der Waals surface area contributed by atoms with Crippen LogP contribution < -0.4 is 4.74 Å². The zero-order valence-corrected chi connectivity index (χ0v) is 9.97. The third-order valence-electron chi connectivity index (χ3n) is 2.79. The van der Waals surface area contributed by atoms with Crippen LogP contribution in [-0.2, 0) is 6.42 Å². The number of nitrogens with one attached hydrogen (secondary N) is 1. The van der Waals surface area contributed by atoms with E-state index in [9.17, 15) is 0 Å². The number of para-hydroxylation sites is 3. The molecule has 0 radical (unpaired) electrons. The molecular formula is C15H14N2O. The second kappa shape index (κ2) is 4.92. The molecule has 0 saturated carbocycles. The smallest absolute Gasteiger partial charge is 0.119 e. The molecule has 1 N–H and O–H groups in total. The Morgan fingerprint density at radius 3 is 2.56 bits per heavy atom. The van der Waals surface area contributed by atoms with Gasteiger partial charge in [0.2, 0.25) is 0 Å². The molecule has 3 heteroatoms. The molecule has 0 aliphatic heterocycles. The fourth-order valence-corrected chi connectivity index (χ4v) is 1.91. The lowest BCUT2D eigenvalue weighted by atomic mass is 10.3. The molecule has 0 unspecified atom stereocenters. The van der Waals surface area contributed by atoms with E-state index in [-0.39, 0.29) is 0 Å². The standard InChI is InChI=1S/C15H14N2O/c1-2-6-12(7-3-1)18-11-10-15-16-13-8-4-5-9-14(13)17-15/h1-9H,10-11H2,(H,16,17). The second-order valence-electron chi connectivity index (χ2n) is 4.11. The van der Waals surface area contributed by atoms with Crippen molar-refractivity contribution in [3.63, 3.8) is 0 Å². The molecule has 0 saturated heterocycles. The number of ether oxygens (including phenoxy) is 1. The number of H-pyrrole nitrogens is 1. The summed E-state index contributed by atoms with van der Waals surface area (Å²) < 4.78 is 5.65. The van der Waals surface area contributed by atoms with Gasteiger partial charge in [-0.25, -0.2) is 4.98 Å². The van der Waals surface area contributed by atoms with E-state index < -0.39 is 0 Å². The van der Waals surface area contributed by atoms with E-state index in [1.54, 1.807) is 0 Å². The number of rotatable bonds is 4. The summed E-state index contributed by atoms with van der Waals surface area (Å²) in [5.74, 6) is 1.86. The Morgan fingerprint density at radius 1 is 0.944 bits per heavy atom. The summed E-state index contributed by atoms with van der Waals surface area (Å²) in [5, 5.41) is 0. The minimum absolute atomic E-state index is 0.629. The molecule has 0 fully saturated rings. The zero-order valence-electron chi connectivity index (χ0n) is 9.97. The van der Waals surface area contributed by atoms with Crippen molar-refractivity contribution in [3.05, 3.63) is 60.4 Å². The lowest BCUT2D eigenvalue weighted by molar-refractivity contribution is 0.319. The second-order valence-corrected chi connectivity index (χ2v) is 4.11. The summed E-state index contributed by atoms with van der Waals surface area (Å²) in [6.07, 6.45) is 0.781. The maximum absolute atomic E-state index is 5.65. The molecule has 18 heavy (non-hydrogen) atoms. The van der Waals surface area contributed by atoms with E-state index in [0.29, 0.717) is 6.61 Å². The molecule has 3 rings (SSSR count). The molecule has 0 atom stereocenters. The van der Waals surface area contributed by atoms with E-state index in [2.05, 4.69) is 9.97 Å². The highest BCUT2D eigenvalue weighted by atomic mass is 16.5. The lowest BCUT2D eigenvalue weighted by Gasteiger charge is -2.03. The number of hydrogen-bond acceptors (Lipinski definition) is 2. The van der Waals surface area contributed by atoms with E-state index in [1.165, 1.54) is 0 Å². The van der Waals surface area contributed by atoms with Crippen LogP contribution >= 0.6 is 0 Å². The molecule has 3 nitrogen and oxygen atoms in total. The molecule has 3 aromatic rings. The predicted molar refractivity (Wildman–Crippen MR) is 71.7 cm³/mol. The molecule has 1 aromatic heterocycles. The van der Waals surface area contributed by atoms with Crippen LogP contribution in [0.4, 0.5) is 0 Å². The minimum Gasteiger partial charge on any atom is -0.493 e. The van der Waals surface area contributed by atoms with E-state index >= 15 is 0 Å². The Morgan fingerprint density at radius 2 is 1.72 bits per heavy atom. The lowest BCUT2D eigenvalue weighted by Crippen LogP contribution is -2.02. The first-order valence-electron chi connectivity index (χ1n) is 6.03. The van der Waals surface area contributed by atoms with Crippen molar-refractivity contribution in [1.82, 2.24) is 9.97 Å². The van der Waals surface area contributed by atoms with Crippen LogP contribution in [0.15, 0.2) is 54.6 Å². The molecule has 90 valence electrons. The van der Waals surface area contributed by atoms with Crippen LogP contribution in [-0.4, -0.2) is 16.6 Å². The quantitative estimate of drug-likeness (QED) is 0.758. The highest BCUT2D eigenvalue weighted by Crippen LogP contribution is 2.12. The summed E-state index contributed by atoms with van der Waals surface area (Å²) in [7, 11) is 0. The summed E-state index contributed by atoms with van der Waals surface area (Å²) in [6, 6.07) is 17.9. The van der Waals surface area contributed by atoms with Crippen LogP contribution in [0.2, 0.25) is 0 Å². The van der Waals surface area contributed by atoms with Gasteiger partial charge in [0.1, 0.15) is 11.6 Å². The molecule has 0 spiro atoms. The Balaban J connectivity index is 1.63. The fourth-order valence-electron chi connectivity index (χ4n) is 1.91. The van der Waals surface area contributed by atoms with Crippen molar-refractivity contribution in [2.75, 3.05) is 6.61 Å². The van der Waals surface area contributed by atoms with Crippen LogP contribution in [0.3, 0.4) is 0 Å². The molecule has 1 heterocycles. The SMILES string of the molecule is c1ccc(OCCc2nc3ccccc3[nH]2)cc1. The van der Waals surface area contributed by atoms with Gasteiger partial charge in [0.05, 0.1) is 17.6 Å². The third kappa shape index (κ3) is 2.35. The van der Waals surface area contributed by atoms with Gasteiger partial charge in [0, 0.05) is 6.42 Å². The zero-order chi connectivity index (χ0) is 12.2. The first kappa shape index (κ1) is 10.8. The number of aromatic amines is 1. The molecule has 2 aromatic carbocycles. The Labute approximate surface area is 105 Å². The van der Waals surface area contributed by atoms with Gasteiger partial charge in [-0.05, 0) is 24.3 Å². The van der Waals surface area contributed by atoms with Gasteiger partial charge in [-0.3, -0.25) is 0 Å². The maximum Gasteiger partial charge on any atom is 0.119 e. The minimum atomic E-state index is 0.629. The van der Waals surface area contributed by atoms with Crippen LogP contribution in [0.5, 0.6) is 5.75 Å². The number of fused-ring (bicyclic) bond motifs is 1. The Bertz CT molecular complexity index is 598. The van der Waals surface area contributed by atoms with Gasteiger partial charge in [-0.2, -0.15) is 0 Å². The van der Waals surface area contributed by atoms with Crippen molar-refractivity contribution in [1.29, 1.82) is 0 Å². The van der Waals surface area contributed by atoms with Gasteiger partial charge >= 0.3 is 0 Å². The fraction of sp³-hybridized carbons (Fsp3) is 0.133. The average Bonchev–Trinajstić information content (AvgIpc) is 2.82. The van der Waals surface area contributed by atoms with Gasteiger partial charge < -0.3 is 9.72 Å². The summed E-state index contributed by atoms with van der Waals surface area (Å²) in [6.45, 7) is 0.629. The molecule has 0 bridgehead atoms. The first-order chi connectivity index (χ1) is 8.92. The Kier molecular flexibility index (Phi) is 2.96. The highest BCUT2D eigenvalue weighted by Gasteiger charge is 2.01. The number of benzene rings is 2. The van der Waals surface area contributed by atoms with Gasteiger partial charge in [-0.1, -0.05) is 30.3 Å². The average molecular weight is 238 g/mol. The van der Waals surface area contributed by atoms with E-state index in [1.807, 2.05) is 54.6 Å². The van der Waals surface area contributed by atoms with E-state index in [0.717, 1.165) is 29.0 Å². The van der Waals surface area contributed by atoms with E-state index in [4.69, 9.17) is 4.74 Å². The molecule has 0 aliphatic rings. The maximum atomic E-state index is 5.65. The largest absolute Gasteiger partial charge is 0.493 e. The number of aromatic nitrogens is 2. The number of hydrogen-bond donors (Lipinski definition) is 1. The van der Waals surface area contributed by atoms with Crippen LogP contribution in [0.1, 0.15) is 5.82 Å². The van der Waals surface area contributed by atoms with Crippen molar-refractivity contribution < 1.29 is 4.74 Å². The van der Waals surface area contributed by atoms with Gasteiger partial charge in [-0.15, -0.1) is 0 Å². The van der Waals surface area contributed by atoms with Crippen molar-refractivity contribution in [2.24, 2.45) is 0 Å². The predicted octanol–water partition coefficient (Wildman–Crippen LogP) is 3.18. The monoisotopic (exact) mass is 238 g/mol. The molecular weight excluding hydrogens is 224 g/mol. The van der Waals surface area contributed by atoms with Crippen molar-refractivity contribution in [2.45, 2.75) is 6.42 Å². The molecule has 0 amide bonds. The summed E-state index contributed by atoms with van der Waals surface area (Å²) >= 11 is 0. The number of nitrogens with zero attached hydrogens (tertiary/aromatic N) is 1. The number of imidazole rings is 1. The van der Waals surface area contributed by atoms with Gasteiger partial charge in [0.25, 0.3) is 0 Å². The third-order valence-corrected chi connectivity index (χ3v) is 2.79.